The number of aromatic nitrogens is 1. The van der Waals surface area contributed by atoms with Gasteiger partial charge in [0.1, 0.15) is 5.15 Å². The largest absolute Gasteiger partial charge is 0.452 e. The second-order valence-electron chi connectivity index (χ2n) is 4.03. The third-order valence-electron chi connectivity index (χ3n) is 2.75. The first-order valence-corrected chi connectivity index (χ1v) is 6.11. The van der Waals surface area contributed by atoms with Crippen LogP contribution in [0.25, 0.3) is 0 Å². The summed E-state index contributed by atoms with van der Waals surface area (Å²) in [5, 5.41) is 0.218. The molecule has 1 saturated heterocycles. The molecule has 1 fully saturated rings. The summed E-state index contributed by atoms with van der Waals surface area (Å²) in [6, 6.07) is 2.90. The second-order valence-corrected chi connectivity index (χ2v) is 4.42. The van der Waals surface area contributed by atoms with Crippen LogP contribution in [0.2, 0.25) is 5.15 Å². The number of likely N-dealkylation sites (tertiary alicyclic amines) is 1. The highest BCUT2D eigenvalue weighted by Crippen LogP contribution is 2.10. The molecule has 0 N–H and O–H groups in total. The Kier molecular flexibility index (Phi) is 4.15. The normalized spacial score (nSPS) is 14.6. The third kappa shape index (κ3) is 3.20. The minimum absolute atomic E-state index is 0.152. The van der Waals surface area contributed by atoms with Crippen LogP contribution in [0.4, 0.5) is 0 Å². The lowest BCUT2D eigenvalue weighted by atomic mass is 10.3. The first-order chi connectivity index (χ1) is 8.66. The standard InChI is InChI=1S/C12H13ClN2O3/c13-10-7-9(3-4-14-10)12(17)18-8-11(16)15-5-1-2-6-15/h3-4,7H,1-2,5-6,8H2. The van der Waals surface area contributed by atoms with Crippen LogP contribution in [0.5, 0.6) is 0 Å². The molecule has 0 radical (unpaired) electrons. The van der Waals surface area contributed by atoms with Crippen LogP contribution in [0.1, 0.15) is 23.2 Å². The molecule has 0 saturated carbocycles. The molecular formula is C12H13ClN2O3. The number of hydrogen-bond acceptors (Lipinski definition) is 4. The Labute approximate surface area is 110 Å². The van der Waals surface area contributed by atoms with E-state index in [9.17, 15) is 9.59 Å². The van der Waals surface area contributed by atoms with Gasteiger partial charge in [-0.05, 0) is 25.0 Å². The van der Waals surface area contributed by atoms with Gasteiger partial charge in [0, 0.05) is 19.3 Å². The Hall–Kier alpha value is -1.62. The molecule has 5 nitrogen and oxygen atoms in total. The number of nitrogens with zero attached hydrogens (tertiary/aromatic N) is 2. The summed E-state index contributed by atoms with van der Waals surface area (Å²) < 4.78 is 4.94. The van der Waals surface area contributed by atoms with Gasteiger partial charge in [0.15, 0.2) is 6.61 Å². The first kappa shape index (κ1) is 12.8. The lowest BCUT2D eigenvalue weighted by Gasteiger charge is -2.14. The summed E-state index contributed by atoms with van der Waals surface area (Å²) in [7, 11) is 0. The lowest BCUT2D eigenvalue weighted by molar-refractivity contribution is -0.133. The lowest BCUT2D eigenvalue weighted by Crippen LogP contribution is -2.32. The monoisotopic (exact) mass is 268 g/mol. The first-order valence-electron chi connectivity index (χ1n) is 5.73. The maximum atomic E-state index is 11.7. The zero-order valence-corrected chi connectivity index (χ0v) is 10.5. The number of carbonyl (C=O) groups excluding carboxylic acids is 2. The van der Waals surface area contributed by atoms with E-state index in [-0.39, 0.29) is 17.7 Å². The fraction of sp³-hybridized carbons (Fsp3) is 0.417. The molecular weight excluding hydrogens is 256 g/mol. The number of halogens is 1. The molecule has 0 bridgehead atoms. The Morgan fingerprint density at radius 1 is 1.39 bits per heavy atom. The van der Waals surface area contributed by atoms with Crippen LogP contribution in [-0.4, -0.2) is 41.5 Å². The van der Waals surface area contributed by atoms with E-state index in [1.54, 1.807) is 4.90 Å². The predicted octanol–water partition coefficient (Wildman–Crippen LogP) is 1.51. The topological polar surface area (TPSA) is 59.5 Å². The maximum Gasteiger partial charge on any atom is 0.338 e. The van der Waals surface area contributed by atoms with E-state index in [2.05, 4.69) is 4.98 Å². The highest BCUT2D eigenvalue weighted by molar-refractivity contribution is 6.29. The highest BCUT2D eigenvalue weighted by atomic mass is 35.5. The molecule has 1 aliphatic heterocycles. The predicted molar refractivity (Wildman–Crippen MR) is 65.3 cm³/mol. The number of rotatable bonds is 3. The van der Waals surface area contributed by atoms with Crippen molar-refractivity contribution in [3.8, 4) is 0 Å². The van der Waals surface area contributed by atoms with Gasteiger partial charge in [-0.1, -0.05) is 11.6 Å². The Bertz CT molecular complexity index is 458. The maximum absolute atomic E-state index is 11.7. The molecule has 1 aromatic heterocycles. The zero-order chi connectivity index (χ0) is 13.0. The van der Waals surface area contributed by atoms with Gasteiger partial charge in [-0.25, -0.2) is 9.78 Å². The zero-order valence-electron chi connectivity index (χ0n) is 9.76. The van der Waals surface area contributed by atoms with Gasteiger partial charge < -0.3 is 9.64 Å². The van der Waals surface area contributed by atoms with Gasteiger partial charge in [-0.15, -0.1) is 0 Å². The Morgan fingerprint density at radius 3 is 2.78 bits per heavy atom. The molecule has 1 aliphatic rings. The number of hydrogen-bond donors (Lipinski definition) is 0. The second kappa shape index (κ2) is 5.82. The van der Waals surface area contributed by atoms with E-state index in [1.807, 2.05) is 0 Å². The van der Waals surface area contributed by atoms with Crippen molar-refractivity contribution in [2.24, 2.45) is 0 Å². The van der Waals surface area contributed by atoms with Crippen LogP contribution < -0.4 is 0 Å². The van der Waals surface area contributed by atoms with Crippen molar-refractivity contribution in [3.05, 3.63) is 29.0 Å². The molecule has 0 atom stereocenters. The molecule has 0 aromatic carbocycles. The van der Waals surface area contributed by atoms with Crippen molar-refractivity contribution in [3.63, 3.8) is 0 Å². The van der Waals surface area contributed by atoms with Crippen LogP contribution >= 0.6 is 11.6 Å². The van der Waals surface area contributed by atoms with Gasteiger partial charge in [-0.2, -0.15) is 0 Å². The fourth-order valence-electron chi connectivity index (χ4n) is 1.80. The summed E-state index contributed by atoms with van der Waals surface area (Å²) >= 11 is 5.66. The quantitative estimate of drug-likeness (QED) is 0.616. The molecule has 18 heavy (non-hydrogen) atoms. The van der Waals surface area contributed by atoms with E-state index in [0.717, 1.165) is 25.9 Å². The summed E-state index contributed by atoms with van der Waals surface area (Å²) in [4.78, 5) is 28.8. The van der Waals surface area contributed by atoms with Crippen LogP contribution in [0.3, 0.4) is 0 Å². The van der Waals surface area contributed by atoms with E-state index in [4.69, 9.17) is 16.3 Å². The third-order valence-corrected chi connectivity index (χ3v) is 2.95. The van der Waals surface area contributed by atoms with Crippen molar-refractivity contribution >= 4 is 23.5 Å². The summed E-state index contributed by atoms with van der Waals surface area (Å²) in [6.45, 7) is 1.27. The van der Waals surface area contributed by atoms with Crippen LogP contribution in [0, 0.1) is 0 Å². The molecule has 1 amide bonds. The molecule has 0 unspecified atom stereocenters. The van der Waals surface area contributed by atoms with Gasteiger partial charge in [0.25, 0.3) is 5.91 Å². The van der Waals surface area contributed by atoms with E-state index in [1.165, 1.54) is 18.3 Å². The van der Waals surface area contributed by atoms with Crippen LogP contribution in [-0.2, 0) is 9.53 Å². The number of pyridine rings is 1. The van der Waals surface area contributed by atoms with E-state index >= 15 is 0 Å². The van der Waals surface area contributed by atoms with Crippen molar-refractivity contribution in [2.45, 2.75) is 12.8 Å². The molecule has 96 valence electrons. The Morgan fingerprint density at radius 2 is 2.11 bits per heavy atom. The minimum Gasteiger partial charge on any atom is -0.452 e. The van der Waals surface area contributed by atoms with Gasteiger partial charge in [0.05, 0.1) is 5.56 Å². The van der Waals surface area contributed by atoms with E-state index < -0.39 is 5.97 Å². The average molecular weight is 269 g/mol. The number of amides is 1. The molecule has 6 heteroatoms. The van der Waals surface area contributed by atoms with Crippen molar-refractivity contribution in [1.29, 1.82) is 0 Å². The smallest absolute Gasteiger partial charge is 0.338 e. The van der Waals surface area contributed by atoms with Gasteiger partial charge in [-0.3, -0.25) is 4.79 Å². The molecule has 0 aliphatic carbocycles. The van der Waals surface area contributed by atoms with Crippen molar-refractivity contribution in [1.82, 2.24) is 9.88 Å². The van der Waals surface area contributed by atoms with Crippen LogP contribution in [0.15, 0.2) is 18.3 Å². The minimum atomic E-state index is -0.563. The van der Waals surface area contributed by atoms with Gasteiger partial charge >= 0.3 is 5.97 Å². The summed E-state index contributed by atoms with van der Waals surface area (Å²) in [5.41, 5.74) is 0.296. The Balaban J connectivity index is 1.86. The van der Waals surface area contributed by atoms with Crippen molar-refractivity contribution < 1.29 is 14.3 Å². The summed E-state index contributed by atoms with van der Waals surface area (Å²) in [5.74, 6) is -0.715. The molecule has 2 heterocycles. The number of ether oxygens (including phenoxy) is 1. The fourth-order valence-corrected chi connectivity index (χ4v) is 1.97. The molecule has 2 rings (SSSR count). The number of carbonyl (C=O) groups is 2. The highest BCUT2D eigenvalue weighted by Gasteiger charge is 2.19. The number of esters is 1. The SMILES string of the molecule is O=C(OCC(=O)N1CCCC1)c1ccnc(Cl)c1. The van der Waals surface area contributed by atoms with Crippen molar-refractivity contribution in [2.75, 3.05) is 19.7 Å². The van der Waals surface area contributed by atoms with Gasteiger partial charge in [0.2, 0.25) is 0 Å². The molecule has 0 spiro atoms. The van der Waals surface area contributed by atoms with E-state index in [0.29, 0.717) is 5.56 Å². The average Bonchev–Trinajstić information content (AvgIpc) is 2.89. The summed E-state index contributed by atoms with van der Waals surface area (Å²) in [6.07, 6.45) is 3.44. The molecule has 1 aromatic rings.